The van der Waals surface area contributed by atoms with Gasteiger partial charge in [0.1, 0.15) is 0 Å². The minimum atomic E-state index is -0.425. The number of aromatic nitrogens is 2. The largest absolute Gasteiger partial charge is 0.371 e. The molecular weight excluding hydrogens is 428 g/mol. The number of dihydropyridines is 1. The fourth-order valence-electron chi connectivity index (χ4n) is 4.88. The molecule has 0 radical (unpaired) electrons. The average Bonchev–Trinajstić information content (AvgIpc) is 3.24. The van der Waals surface area contributed by atoms with Crippen LogP contribution in [0, 0.1) is 12.8 Å². The number of hydrogen-bond acceptors (Lipinski definition) is 5. The van der Waals surface area contributed by atoms with Crippen molar-refractivity contribution in [2.24, 2.45) is 18.0 Å². The molecule has 0 bridgehead atoms. The van der Waals surface area contributed by atoms with Gasteiger partial charge < -0.3 is 15.5 Å². The van der Waals surface area contributed by atoms with Gasteiger partial charge in [0.15, 0.2) is 0 Å². The molecule has 0 spiro atoms. The molecule has 1 fully saturated rings. The van der Waals surface area contributed by atoms with Crippen molar-refractivity contribution in [3.8, 4) is 11.1 Å². The standard InChI is InChI=1S/C26H34N6O2/c1-16-10-17(2)30-26(34)23(16)14-28-25(33)22-11-19(20-13-29-31(4)15-20)12-24(18(22)3)32(5)21-6-8-27-9-7-21/h10-13,15,21,23,27H,6-9,14H2,1-5H3,(H,28,33). The number of rotatable bonds is 6. The summed E-state index contributed by atoms with van der Waals surface area (Å²) >= 11 is 0. The van der Waals surface area contributed by atoms with Crippen molar-refractivity contribution in [2.45, 2.75) is 39.7 Å². The van der Waals surface area contributed by atoms with Crippen LogP contribution in [0.4, 0.5) is 5.69 Å². The van der Waals surface area contributed by atoms with Crippen molar-refractivity contribution in [3.63, 3.8) is 0 Å². The van der Waals surface area contributed by atoms with E-state index in [1.807, 2.05) is 52.4 Å². The first-order valence-electron chi connectivity index (χ1n) is 11.9. The molecule has 180 valence electrons. The molecular formula is C26H34N6O2. The molecule has 0 saturated carbocycles. The second-order valence-corrected chi connectivity index (χ2v) is 9.41. The Morgan fingerprint density at radius 3 is 2.59 bits per heavy atom. The summed E-state index contributed by atoms with van der Waals surface area (Å²) < 4.78 is 1.76. The van der Waals surface area contributed by atoms with Gasteiger partial charge in [0.05, 0.1) is 12.1 Å². The lowest BCUT2D eigenvalue weighted by Crippen LogP contribution is -2.41. The van der Waals surface area contributed by atoms with E-state index in [-0.39, 0.29) is 18.4 Å². The number of nitrogens with one attached hydrogen (secondary N) is 2. The Bertz CT molecular complexity index is 1160. The van der Waals surface area contributed by atoms with Crippen molar-refractivity contribution in [1.82, 2.24) is 20.4 Å². The average molecular weight is 463 g/mol. The lowest BCUT2D eigenvalue weighted by atomic mass is 9.94. The minimum Gasteiger partial charge on any atom is -0.371 e. The topological polar surface area (TPSA) is 91.6 Å². The third-order valence-electron chi connectivity index (χ3n) is 6.94. The van der Waals surface area contributed by atoms with Crippen molar-refractivity contribution in [3.05, 3.63) is 47.3 Å². The monoisotopic (exact) mass is 462 g/mol. The van der Waals surface area contributed by atoms with Gasteiger partial charge >= 0.3 is 0 Å². The van der Waals surface area contributed by atoms with Gasteiger partial charge in [-0.2, -0.15) is 5.10 Å². The highest BCUT2D eigenvalue weighted by Gasteiger charge is 2.26. The Morgan fingerprint density at radius 2 is 1.94 bits per heavy atom. The number of aliphatic imine (C=N–C) groups is 1. The number of allylic oxidation sites excluding steroid dienone is 1. The number of amides is 2. The van der Waals surface area contributed by atoms with E-state index >= 15 is 0 Å². The molecule has 2 aliphatic rings. The molecule has 1 unspecified atom stereocenters. The summed E-state index contributed by atoms with van der Waals surface area (Å²) in [6.45, 7) is 7.94. The third-order valence-corrected chi connectivity index (χ3v) is 6.94. The van der Waals surface area contributed by atoms with Crippen molar-refractivity contribution >= 4 is 23.2 Å². The second-order valence-electron chi connectivity index (χ2n) is 9.41. The van der Waals surface area contributed by atoms with E-state index in [1.165, 1.54) is 0 Å². The second kappa shape index (κ2) is 9.93. The zero-order valence-electron chi connectivity index (χ0n) is 20.7. The summed E-state index contributed by atoms with van der Waals surface area (Å²) in [6.07, 6.45) is 7.79. The van der Waals surface area contributed by atoms with Gasteiger partial charge in [0, 0.05) is 55.4 Å². The van der Waals surface area contributed by atoms with E-state index in [0.29, 0.717) is 17.3 Å². The van der Waals surface area contributed by atoms with Crippen LogP contribution in [0.2, 0.25) is 0 Å². The highest BCUT2D eigenvalue weighted by atomic mass is 16.2. The highest BCUT2D eigenvalue weighted by molar-refractivity contribution is 6.06. The molecule has 8 heteroatoms. The van der Waals surface area contributed by atoms with Crippen LogP contribution in [0.25, 0.3) is 11.1 Å². The molecule has 34 heavy (non-hydrogen) atoms. The molecule has 1 atom stereocenters. The summed E-state index contributed by atoms with van der Waals surface area (Å²) in [5.41, 5.74) is 6.13. The maximum atomic E-state index is 13.4. The predicted molar refractivity (Wildman–Crippen MR) is 135 cm³/mol. The Morgan fingerprint density at radius 1 is 1.21 bits per heavy atom. The fraction of sp³-hybridized carbons (Fsp3) is 0.462. The van der Waals surface area contributed by atoms with E-state index in [0.717, 1.165) is 53.9 Å². The molecule has 3 heterocycles. The normalized spacial score (nSPS) is 19.0. The molecule has 2 N–H and O–H groups in total. The Balaban J connectivity index is 1.64. The SMILES string of the molecule is CC1=CC(C)=NC(=O)C1CNC(=O)c1cc(-c2cnn(C)c2)cc(N(C)C2CCNCC2)c1C. The molecule has 1 aromatic heterocycles. The molecule has 1 saturated heterocycles. The van der Waals surface area contributed by atoms with E-state index in [2.05, 4.69) is 38.7 Å². The van der Waals surface area contributed by atoms with E-state index in [9.17, 15) is 9.59 Å². The van der Waals surface area contributed by atoms with Gasteiger partial charge in [-0.25, -0.2) is 4.99 Å². The summed E-state index contributed by atoms with van der Waals surface area (Å²) in [7, 11) is 4.00. The molecule has 8 nitrogen and oxygen atoms in total. The van der Waals surface area contributed by atoms with Crippen LogP contribution in [-0.4, -0.2) is 60.0 Å². The Kier molecular flexibility index (Phi) is 6.97. The summed E-state index contributed by atoms with van der Waals surface area (Å²) in [5, 5.41) is 10.7. The number of benzene rings is 1. The molecule has 2 aromatic rings. The molecule has 4 rings (SSSR count). The minimum absolute atomic E-state index is 0.185. The number of hydrogen-bond donors (Lipinski definition) is 2. The van der Waals surface area contributed by atoms with Gasteiger partial charge in [-0.05, 0) is 76.0 Å². The van der Waals surface area contributed by atoms with Crippen molar-refractivity contribution < 1.29 is 9.59 Å². The molecule has 2 amide bonds. The lowest BCUT2D eigenvalue weighted by Gasteiger charge is -2.35. The molecule has 1 aromatic carbocycles. The van der Waals surface area contributed by atoms with Crippen LogP contribution in [0.3, 0.4) is 0 Å². The number of anilines is 1. The van der Waals surface area contributed by atoms with Gasteiger partial charge in [-0.3, -0.25) is 14.3 Å². The highest BCUT2D eigenvalue weighted by Crippen LogP contribution is 2.32. The Hall–Kier alpha value is -3.26. The van der Waals surface area contributed by atoms with Crippen LogP contribution in [0.15, 0.2) is 41.2 Å². The van der Waals surface area contributed by atoms with Gasteiger partial charge in [0.2, 0.25) is 0 Å². The van der Waals surface area contributed by atoms with Crippen LogP contribution in [-0.2, 0) is 11.8 Å². The number of carbonyl (C=O) groups excluding carboxylic acids is 2. The first-order chi connectivity index (χ1) is 16.2. The first-order valence-corrected chi connectivity index (χ1v) is 11.9. The summed E-state index contributed by atoms with van der Waals surface area (Å²) in [4.78, 5) is 32.2. The maximum absolute atomic E-state index is 13.4. The first kappa shape index (κ1) is 23.9. The zero-order chi connectivity index (χ0) is 24.4. The van der Waals surface area contributed by atoms with Gasteiger partial charge in [-0.1, -0.05) is 5.57 Å². The molecule has 0 aliphatic carbocycles. The summed E-state index contributed by atoms with van der Waals surface area (Å²) in [5.74, 6) is -0.814. The van der Waals surface area contributed by atoms with Crippen LogP contribution in [0.5, 0.6) is 0 Å². The van der Waals surface area contributed by atoms with E-state index < -0.39 is 5.92 Å². The summed E-state index contributed by atoms with van der Waals surface area (Å²) in [6, 6.07) is 4.49. The maximum Gasteiger partial charge on any atom is 0.254 e. The van der Waals surface area contributed by atoms with Crippen LogP contribution < -0.4 is 15.5 Å². The predicted octanol–water partition coefficient (Wildman–Crippen LogP) is 2.88. The van der Waals surface area contributed by atoms with E-state index in [1.54, 1.807) is 4.68 Å². The zero-order valence-corrected chi connectivity index (χ0v) is 20.7. The fourth-order valence-corrected chi connectivity index (χ4v) is 4.88. The third kappa shape index (κ3) is 4.97. The number of carbonyl (C=O) groups is 2. The van der Waals surface area contributed by atoms with Gasteiger partial charge in [-0.15, -0.1) is 0 Å². The van der Waals surface area contributed by atoms with Crippen molar-refractivity contribution in [2.75, 3.05) is 31.6 Å². The van der Waals surface area contributed by atoms with E-state index in [4.69, 9.17) is 0 Å². The Labute approximate surface area is 201 Å². The molecule has 2 aliphatic heterocycles. The van der Waals surface area contributed by atoms with Crippen LogP contribution >= 0.6 is 0 Å². The smallest absolute Gasteiger partial charge is 0.254 e. The number of aryl methyl sites for hydroxylation is 1. The van der Waals surface area contributed by atoms with Gasteiger partial charge in [0.25, 0.3) is 11.8 Å². The lowest BCUT2D eigenvalue weighted by molar-refractivity contribution is -0.120. The quantitative estimate of drug-likeness (QED) is 0.689. The number of nitrogens with zero attached hydrogens (tertiary/aromatic N) is 4. The number of piperidine rings is 1. The van der Waals surface area contributed by atoms with Crippen LogP contribution in [0.1, 0.15) is 42.6 Å². The van der Waals surface area contributed by atoms with Crippen molar-refractivity contribution in [1.29, 1.82) is 0 Å².